The molecule has 1 heterocycles. The van der Waals surface area contributed by atoms with Gasteiger partial charge < -0.3 is 15.7 Å². The van der Waals surface area contributed by atoms with Crippen molar-refractivity contribution in [2.24, 2.45) is 0 Å². The lowest BCUT2D eigenvalue weighted by molar-refractivity contribution is -0.137. The van der Waals surface area contributed by atoms with E-state index >= 15 is 0 Å². The van der Waals surface area contributed by atoms with Gasteiger partial charge in [0.25, 0.3) is 0 Å². The molecule has 0 bridgehead atoms. The Labute approximate surface area is 122 Å². The van der Waals surface area contributed by atoms with Crippen molar-refractivity contribution in [3.8, 4) is 0 Å². The molecule has 21 heavy (non-hydrogen) atoms. The molecule has 0 fully saturated rings. The van der Waals surface area contributed by atoms with E-state index in [1.54, 1.807) is 6.07 Å². The minimum atomic E-state index is -0.991. The van der Waals surface area contributed by atoms with Crippen LogP contribution in [0.4, 0.5) is 5.82 Å². The zero-order chi connectivity index (χ0) is 15.7. The van der Waals surface area contributed by atoms with Crippen LogP contribution in [0.15, 0.2) is 12.3 Å². The van der Waals surface area contributed by atoms with Crippen LogP contribution in [0, 0.1) is 0 Å². The maximum Gasteiger partial charge on any atom is 0.325 e. The molecule has 0 atom stereocenters. The molecule has 1 aromatic heterocycles. The van der Waals surface area contributed by atoms with E-state index in [-0.39, 0.29) is 18.4 Å². The van der Waals surface area contributed by atoms with Gasteiger partial charge in [0, 0.05) is 32.2 Å². The molecule has 3 N–H and O–H groups in total. The van der Waals surface area contributed by atoms with Crippen LogP contribution in [0.5, 0.6) is 0 Å². The minimum absolute atomic E-state index is 0.0512. The minimum Gasteiger partial charge on any atom is -0.480 e. The van der Waals surface area contributed by atoms with Crippen molar-refractivity contribution in [2.45, 2.75) is 39.2 Å². The highest BCUT2D eigenvalue weighted by atomic mass is 16.4. The molecule has 0 saturated carbocycles. The summed E-state index contributed by atoms with van der Waals surface area (Å²) in [6.07, 6.45) is 4.27. The fourth-order valence-electron chi connectivity index (χ4n) is 1.71. The summed E-state index contributed by atoms with van der Waals surface area (Å²) in [6, 6.07) is 1.55. The standard InChI is InChI=1S/C13H20N4O4/c1-10(18)14-7-4-2-3-5-12(19)15-11-6-8-17(16-11)9-13(20)21/h6,8H,2-5,7,9H2,1H3,(H,14,18)(H,20,21)(H,15,16,19). The second-order valence-corrected chi connectivity index (χ2v) is 4.63. The molecule has 2 amide bonds. The van der Waals surface area contributed by atoms with Gasteiger partial charge in [-0.1, -0.05) is 6.42 Å². The first kappa shape index (κ1) is 16.7. The summed E-state index contributed by atoms with van der Waals surface area (Å²) in [5.41, 5.74) is 0. The molecule has 0 radical (unpaired) electrons. The number of hydrogen-bond acceptors (Lipinski definition) is 4. The average molecular weight is 296 g/mol. The Bertz CT molecular complexity index is 498. The maximum atomic E-state index is 11.6. The van der Waals surface area contributed by atoms with Gasteiger partial charge in [0.1, 0.15) is 6.54 Å². The molecule has 0 unspecified atom stereocenters. The summed E-state index contributed by atoms with van der Waals surface area (Å²) in [6.45, 7) is 1.85. The molecule has 116 valence electrons. The van der Waals surface area contributed by atoms with Gasteiger partial charge in [0.15, 0.2) is 5.82 Å². The lowest BCUT2D eigenvalue weighted by atomic mass is 10.2. The number of aromatic nitrogens is 2. The highest BCUT2D eigenvalue weighted by molar-refractivity contribution is 5.89. The molecular weight excluding hydrogens is 276 g/mol. The number of nitrogens with zero attached hydrogens (tertiary/aromatic N) is 2. The van der Waals surface area contributed by atoms with Crippen LogP contribution >= 0.6 is 0 Å². The number of anilines is 1. The molecule has 0 aliphatic carbocycles. The number of nitrogens with one attached hydrogen (secondary N) is 2. The van der Waals surface area contributed by atoms with Gasteiger partial charge >= 0.3 is 5.97 Å². The van der Waals surface area contributed by atoms with Crippen LogP contribution in [0.25, 0.3) is 0 Å². The number of aliphatic carboxylic acids is 1. The monoisotopic (exact) mass is 296 g/mol. The number of carboxylic acid groups (broad SMARTS) is 1. The van der Waals surface area contributed by atoms with Gasteiger partial charge in [-0.2, -0.15) is 5.10 Å². The van der Waals surface area contributed by atoms with Crippen molar-refractivity contribution < 1.29 is 19.5 Å². The summed E-state index contributed by atoms with van der Waals surface area (Å²) < 4.78 is 1.24. The van der Waals surface area contributed by atoms with E-state index in [1.165, 1.54) is 17.8 Å². The summed E-state index contributed by atoms with van der Waals surface area (Å²) in [4.78, 5) is 32.8. The van der Waals surface area contributed by atoms with Crippen molar-refractivity contribution in [3.05, 3.63) is 12.3 Å². The topological polar surface area (TPSA) is 113 Å². The van der Waals surface area contributed by atoms with E-state index in [1.807, 2.05) is 0 Å². The van der Waals surface area contributed by atoms with Crippen molar-refractivity contribution in [2.75, 3.05) is 11.9 Å². The third kappa shape index (κ3) is 7.71. The van der Waals surface area contributed by atoms with Gasteiger partial charge in [-0.25, -0.2) is 0 Å². The SMILES string of the molecule is CC(=O)NCCCCCC(=O)Nc1ccn(CC(=O)O)n1. The maximum absolute atomic E-state index is 11.6. The number of rotatable bonds is 9. The van der Waals surface area contributed by atoms with E-state index < -0.39 is 5.97 Å². The summed E-state index contributed by atoms with van der Waals surface area (Å²) >= 11 is 0. The number of hydrogen-bond donors (Lipinski definition) is 3. The Hall–Kier alpha value is -2.38. The second-order valence-electron chi connectivity index (χ2n) is 4.63. The Morgan fingerprint density at radius 1 is 1.29 bits per heavy atom. The first-order chi connectivity index (χ1) is 9.97. The number of amides is 2. The van der Waals surface area contributed by atoms with Crippen molar-refractivity contribution >= 4 is 23.6 Å². The molecule has 8 heteroatoms. The summed E-state index contributed by atoms with van der Waals surface area (Å²) in [7, 11) is 0. The van der Waals surface area contributed by atoms with Crippen LogP contribution in [-0.4, -0.2) is 39.2 Å². The normalized spacial score (nSPS) is 10.1. The second kappa shape index (κ2) is 8.72. The number of unbranched alkanes of at least 4 members (excludes halogenated alkanes) is 2. The lowest BCUT2D eigenvalue weighted by Gasteiger charge is -2.03. The Morgan fingerprint density at radius 3 is 2.71 bits per heavy atom. The molecular formula is C13H20N4O4. The molecule has 8 nitrogen and oxygen atoms in total. The fraction of sp³-hybridized carbons (Fsp3) is 0.538. The third-order valence-electron chi connectivity index (χ3n) is 2.66. The largest absolute Gasteiger partial charge is 0.480 e. The summed E-state index contributed by atoms with van der Waals surface area (Å²) in [5.74, 6) is -0.852. The van der Waals surface area contributed by atoms with Gasteiger partial charge in [0.2, 0.25) is 11.8 Å². The molecule has 0 aliphatic rings. The lowest BCUT2D eigenvalue weighted by Crippen LogP contribution is -2.20. The van der Waals surface area contributed by atoms with Gasteiger partial charge in [-0.3, -0.25) is 19.1 Å². The van der Waals surface area contributed by atoms with Crippen LogP contribution in [0.3, 0.4) is 0 Å². The smallest absolute Gasteiger partial charge is 0.325 e. The zero-order valence-corrected chi connectivity index (χ0v) is 12.0. The molecule has 0 aliphatic heterocycles. The van der Waals surface area contributed by atoms with Gasteiger partial charge in [-0.15, -0.1) is 0 Å². The van der Waals surface area contributed by atoms with Crippen molar-refractivity contribution in [1.29, 1.82) is 0 Å². The highest BCUT2D eigenvalue weighted by Crippen LogP contribution is 2.05. The van der Waals surface area contributed by atoms with E-state index in [0.717, 1.165) is 19.3 Å². The highest BCUT2D eigenvalue weighted by Gasteiger charge is 2.06. The molecule has 0 saturated heterocycles. The molecule has 0 spiro atoms. The Kier molecular flexibility index (Phi) is 6.93. The van der Waals surface area contributed by atoms with E-state index in [4.69, 9.17) is 5.11 Å². The van der Waals surface area contributed by atoms with Crippen LogP contribution in [0.2, 0.25) is 0 Å². The fourth-order valence-corrected chi connectivity index (χ4v) is 1.71. The first-order valence-corrected chi connectivity index (χ1v) is 6.77. The summed E-state index contributed by atoms with van der Waals surface area (Å²) in [5, 5.41) is 17.8. The quantitative estimate of drug-likeness (QED) is 0.578. The average Bonchev–Trinajstić information content (AvgIpc) is 2.79. The van der Waals surface area contributed by atoms with Crippen molar-refractivity contribution in [3.63, 3.8) is 0 Å². The number of carbonyl (C=O) groups is 3. The Balaban J connectivity index is 2.17. The zero-order valence-electron chi connectivity index (χ0n) is 12.0. The van der Waals surface area contributed by atoms with E-state index in [0.29, 0.717) is 18.8 Å². The first-order valence-electron chi connectivity index (χ1n) is 6.77. The van der Waals surface area contributed by atoms with Gasteiger partial charge in [-0.05, 0) is 12.8 Å². The van der Waals surface area contributed by atoms with E-state index in [9.17, 15) is 14.4 Å². The van der Waals surface area contributed by atoms with Gasteiger partial charge in [0.05, 0.1) is 0 Å². The van der Waals surface area contributed by atoms with E-state index in [2.05, 4.69) is 15.7 Å². The van der Waals surface area contributed by atoms with Crippen LogP contribution < -0.4 is 10.6 Å². The predicted molar refractivity (Wildman–Crippen MR) is 75.6 cm³/mol. The number of carbonyl (C=O) groups excluding carboxylic acids is 2. The third-order valence-corrected chi connectivity index (χ3v) is 2.66. The van der Waals surface area contributed by atoms with Crippen molar-refractivity contribution in [1.82, 2.24) is 15.1 Å². The Morgan fingerprint density at radius 2 is 2.05 bits per heavy atom. The van der Waals surface area contributed by atoms with Crippen LogP contribution in [-0.2, 0) is 20.9 Å². The molecule has 1 rings (SSSR count). The predicted octanol–water partition coefficient (Wildman–Crippen LogP) is 0.603. The molecule has 0 aromatic carbocycles. The molecule has 1 aromatic rings. The number of carboxylic acids is 1. The van der Waals surface area contributed by atoms with Crippen LogP contribution in [0.1, 0.15) is 32.6 Å².